The Balaban J connectivity index is 1.70. The second-order valence-corrected chi connectivity index (χ2v) is 9.92. The molecule has 10 heteroatoms. The Morgan fingerprint density at radius 1 is 1.16 bits per heavy atom. The fraction of sp³-hybridized carbons (Fsp3) is 0.545. The van der Waals surface area contributed by atoms with Crippen molar-refractivity contribution in [2.45, 2.75) is 69.7 Å². The molecule has 6 nitrogen and oxygen atoms in total. The highest BCUT2D eigenvalue weighted by Gasteiger charge is 2.59. The summed E-state index contributed by atoms with van der Waals surface area (Å²) in [5.74, 6) is -4.48. The SMILES string of the molecule is Cn1ncc(B2OC(C)(C)C(C)(C)O2)c1-c1c(F)cc2c(c1C#N)OC1(CC1)CC2(F)F. The number of alkyl halides is 2. The zero-order valence-electron chi connectivity index (χ0n) is 18.6. The Morgan fingerprint density at radius 3 is 2.34 bits per heavy atom. The van der Waals surface area contributed by atoms with E-state index < -0.39 is 47.6 Å². The topological polar surface area (TPSA) is 69.3 Å². The largest absolute Gasteiger partial charge is 0.498 e. The van der Waals surface area contributed by atoms with Gasteiger partial charge in [-0.3, -0.25) is 4.68 Å². The average Bonchev–Trinajstić information content (AvgIpc) is 3.22. The van der Waals surface area contributed by atoms with Gasteiger partial charge in [0, 0.05) is 18.7 Å². The van der Waals surface area contributed by atoms with Crippen molar-refractivity contribution in [3.05, 3.63) is 29.2 Å². The van der Waals surface area contributed by atoms with Crippen molar-refractivity contribution in [2.75, 3.05) is 0 Å². The zero-order chi connectivity index (χ0) is 23.3. The minimum Gasteiger partial charge on any atom is -0.485 e. The maximum atomic E-state index is 15.4. The molecule has 168 valence electrons. The van der Waals surface area contributed by atoms with Crippen molar-refractivity contribution in [3.63, 3.8) is 0 Å². The molecular formula is C22H23BF3N3O3. The van der Waals surface area contributed by atoms with Crippen molar-refractivity contribution in [1.29, 1.82) is 5.26 Å². The molecule has 1 spiro atoms. The molecule has 0 radical (unpaired) electrons. The molecule has 32 heavy (non-hydrogen) atoms. The Bertz CT molecular complexity index is 1170. The first-order valence-electron chi connectivity index (χ1n) is 10.5. The molecule has 0 N–H and O–H groups in total. The number of benzene rings is 1. The lowest BCUT2D eigenvalue weighted by molar-refractivity contribution is -0.0731. The number of ether oxygens (including phenoxy) is 1. The molecule has 2 fully saturated rings. The first kappa shape index (κ1) is 21.3. The lowest BCUT2D eigenvalue weighted by Crippen LogP contribution is -2.41. The van der Waals surface area contributed by atoms with Crippen LogP contribution in [0.2, 0.25) is 0 Å². The molecule has 1 saturated carbocycles. The van der Waals surface area contributed by atoms with Crippen molar-refractivity contribution in [3.8, 4) is 23.1 Å². The van der Waals surface area contributed by atoms with Crippen LogP contribution >= 0.6 is 0 Å². The first-order valence-corrected chi connectivity index (χ1v) is 10.5. The number of hydrogen-bond acceptors (Lipinski definition) is 5. The molecular weight excluding hydrogens is 422 g/mol. The summed E-state index contributed by atoms with van der Waals surface area (Å²) in [6.45, 7) is 7.53. The van der Waals surface area contributed by atoms with Gasteiger partial charge in [-0.05, 0) is 46.6 Å². The third-order valence-corrected chi connectivity index (χ3v) is 7.12. The molecule has 1 aromatic carbocycles. The predicted molar refractivity (Wildman–Crippen MR) is 110 cm³/mol. The van der Waals surface area contributed by atoms with Gasteiger partial charge in [-0.1, -0.05) is 0 Å². The molecule has 3 heterocycles. The summed E-state index contributed by atoms with van der Waals surface area (Å²) in [4.78, 5) is 0. The minimum absolute atomic E-state index is 0.149. The first-order chi connectivity index (χ1) is 14.8. The van der Waals surface area contributed by atoms with Crippen LogP contribution < -0.4 is 10.2 Å². The van der Waals surface area contributed by atoms with Gasteiger partial charge in [-0.2, -0.15) is 10.4 Å². The molecule has 5 rings (SSSR count). The molecule has 0 amide bonds. The van der Waals surface area contributed by atoms with E-state index in [1.54, 1.807) is 7.05 Å². The van der Waals surface area contributed by atoms with Crippen LogP contribution in [0.25, 0.3) is 11.3 Å². The van der Waals surface area contributed by atoms with E-state index in [0.29, 0.717) is 18.3 Å². The summed E-state index contributed by atoms with van der Waals surface area (Å²) >= 11 is 0. The highest BCUT2D eigenvalue weighted by molar-refractivity contribution is 6.63. The number of rotatable bonds is 2. The maximum absolute atomic E-state index is 15.4. The lowest BCUT2D eigenvalue weighted by atomic mass is 9.77. The van der Waals surface area contributed by atoms with E-state index in [1.807, 2.05) is 33.8 Å². The van der Waals surface area contributed by atoms with Gasteiger partial charge in [-0.15, -0.1) is 0 Å². The van der Waals surface area contributed by atoms with Gasteiger partial charge >= 0.3 is 7.12 Å². The highest BCUT2D eigenvalue weighted by atomic mass is 19.3. The Labute approximate surface area is 184 Å². The molecule has 2 aliphatic heterocycles. The Morgan fingerprint density at radius 2 is 1.78 bits per heavy atom. The van der Waals surface area contributed by atoms with E-state index in [0.717, 1.165) is 6.07 Å². The smallest absolute Gasteiger partial charge is 0.485 e. The molecule has 3 aliphatic rings. The fourth-order valence-corrected chi connectivity index (χ4v) is 4.42. The maximum Gasteiger partial charge on any atom is 0.498 e. The van der Waals surface area contributed by atoms with Gasteiger partial charge in [0.25, 0.3) is 5.92 Å². The summed E-state index contributed by atoms with van der Waals surface area (Å²) in [5, 5.41) is 14.2. The summed E-state index contributed by atoms with van der Waals surface area (Å²) in [5.41, 5.74) is -2.67. The van der Waals surface area contributed by atoms with Crippen LogP contribution in [0.4, 0.5) is 13.2 Å². The normalized spacial score (nSPS) is 23.5. The second kappa shape index (κ2) is 6.30. The van der Waals surface area contributed by atoms with Crippen molar-refractivity contribution >= 4 is 12.6 Å². The summed E-state index contributed by atoms with van der Waals surface area (Å²) < 4.78 is 64.6. The van der Waals surface area contributed by atoms with Crippen molar-refractivity contribution in [1.82, 2.24) is 9.78 Å². The van der Waals surface area contributed by atoms with Crippen molar-refractivity contribution in [2.24, 2.45) is 7.05 Å². The van der Waals surface area contributed by atoms with E-state index in [-0.39, 0.29) is 22.6 Å². The van der Waals surface area contributed by atoms with Gasteiger partial charge in [0.15, 0.2) is 0 Å². The quantitative estimate of drug-likeness (QED) is 0.658. The van der Waals surface area contributed by atoms with Crippen LogP contribution in [0.1, 0.15) is 58.1 Å². The third-order valence-electron chi connectivity index (χ3n) is 7.12. The van der Waals surface area contributed by atoms with E-state index in [9.17, 15) is 14.0 Å². The van der Waals surface area contributed by atoms with Crippen LogP contribution in [-0.4, -0.2) is 33.7 Å². The molecule has 1 aliphatic carbocycles. The van der Waals surface area contributed by atoms with E-state index in [2.05, 4.69) is 5.10 Å². The highest BCUT2D eigenvalue weighted by Crippen LogP contribution is 2.58. The fourth-order valence-electron chi connectivity index (χ4n) is 4.42. The molecule has 1 aromatic heterocycles. The molecule has 1 saturated heterocycles. The number of hydrogen-bond donors (Lipinski definition) is 0. The number of fused-ring (bicyclic) bond motifs is 1. The Hall–Kier alpha value is -2.51. The van der Waals surface area contributed by atoms with Gasteiger partial charge in [0.05, 0.1) is 34.4 Å². The van der Waals surface area contributed by atoms with Gasteiger partial charge in [0.2, 0.25) is 0 Å². The summed E-state index contributed by atoms with van der Waals surface area (Å²) in [6.07, 6.45) is 1.92. The van der Waals surface area contributed by atoms with Crippen molar-refractivity contribution < 1.29 is 27.2 Å². The monoisotopic (exact) mass is 445 g/mol. The summed E-state index contributed by atoms with van der Waals surface area (Å²) in [6, 6.07) is 2.69. The number of nitriles is 1. The Kier molecular flexibility index (Phi) is 4.20. The average molecular weight is 445 g/mol. The number of nitrogens with zero attached hydrogens (tertiary/aromatic N) is 3. The second-order valence-electron chi connectivity index (χ2n) is 9.92. The lowest BCUT2D eigenvalue weighted by Gasteiger charge is -2.33. The molecule has 0 unspecified atom stereocenters. The zero-order valence-corrected chi connectivity index (χ0v) is 18.6. The summed E-state index contributed by atoms with van der Waals surface area (Å²) in [7, 11) is 0.713. The number of aromatic nitrogens is 2. The number of aryl methyl sites for hydroxylation is 1. The van der Waals surface area contributed by atoms with Gasteiger partial charge in [-0.25, -0.2) is 13.2 Å². The van der Waals surface area contributed by atoms with Crippen LogP contribution in [0.5, 0.6) is 5.75 Å². The predicted octanol–water partition coefficient (Wildman–Crippen LogP) is 3.80. The van der Waals surface area contributed by atoms with E-state index >= 15 is 4.39 Å². The minimum atomic E-state index is -3.28. The molecule has 2 aromatic rings. The van der Waals surface area contributed by atoms with Crippen LogP contribution in [0.15, 0.2) is 12.3 Å². The standard InChI is InChI=1S/C22H23BF3N3O3/c1-19(2)20(3,4)32-23(31-19)14-10-28-29(5)17(14)16-12(9-27)18-13(8-15(16)24)22(25,26)11-21(30-18)6-7-21/h8,10H,6-7,11H2,1-5H3. The number of halogens is 3. The van der Waals surface area contributed by atoms with Crippen LogP contribution in [-0.2, 0) is 22.3 Å². The molecule has 0 bridgehead atoms. The van der Waals surface area contributed by atoms with Crippen LogP contribution in [0.3, 0.4) is 0 Å². The van der Waals surface area contributed by atoms with E-state index in [1.165, 1.54) is 10.9 Å². The van der Waals surface area contributed by atoms with Crippen LogP contribution in [0, 0.1) is 17.1 Å². The molecule has 0 atom stereocenters. The van der Waals surface area contributed by atoms with Gasteiger partial charge < -0.3 is 14.0 Å². The van der Waals surface area contributed by atoms with E-state index in [4.69, 9.17) is 14.0 Å². The van der Waals surface area contributed by atoms with Gasteiger partial charge in [0.1, 0.15) is 28.8 Å². The third kappa shape index (κ3) is 2.91.